The van der Waals surface area contributed by atoms with E-state index in [4.69, 9.17) is 4.42 Å². The minimum atomic E-state index is -0.122. The van der Waals surface area contributed by atoms with Gasteiger partial charge in [-0.05, 0) is 71.7 Å². The van der Waals surface area contributed by atoms with E-state index in [-0.39, 0.29) is 11.6 Å². The number of hydrogen-bond donors (Lipinski definition) is 1. The Morgan fingerprint density at radius 2 is 1.89 bits per heavy atom. The van der Waals surface area contributed by atoms with Crippen LogP contribution in [0.25, 0.3) is 10.9 Å². The molecule has 0 aliphatic carbocycles. The number of nitrogens with one attached hydrogen (secondary N) is 1. The quantitative estimate of drug-likeness (QED) is 0.320. The van der Waals surface area contributed by atoms with Gasteiger partial charge in [0.2, 0.25) is 0 Å². The fourth-order valence-corrected chi connectivity index (χ4v) is 4.85. The molecule has 0 amide bonds. The fraction of sp³-hybridized carbons (Fsp3) is 0.286. The van der Waals surface area contributed by atoms with Gasteiger partial charge < -0.3 is 9.40 Å². The Morgan fingerprint density at radius 1 is 1.06 bits per heavy atom. The number of hydrogen-bond acceptors (Lipinski definition) is 6. The van der Waals surface area contributed by atoms with Crippen molar-refractivity contribution in [2.45, 2.75) is 52.9 Å². The van der Waals surface area contributed by atoms with Crippen LogP contribution < -0.4 is 5.56 Å². The average molecular weight is 483 g/mol. The predicted molar refractivity (Wildman–Crippen MR) is 138 cm³/mol. The minimum Gasteiger partial charge on any atom is -0.468 e. The molecule has 1 N–H and O–H groups in total. The van der Waals surface area contributed by atoms with Crippen molar-refractivity contribution in [1.29, 1.82) is 0 Å². The number of aromatic amines is 1. The Labute approximate surface area is 209 Å². The molecule has 3 aromatic heterocycles. The Balaban J connectivity index is 1.52. The summed E-state index contributed by atoms with van der Waals surface area (Å²) in [5, 5.41) is 13.7. The Kier molecular flexibility index (Phi) is 6.77. The van der Waals surface area contributed by atoms with Crippen LogP contribution in [0.15, 0.2) is 76.1 Å². The largest absolute Gasteiger partial charge is 0.468 e. The van der Waals surface area contributed by atoms with Crippen LogP contribution in [0.4, 0.5) is 0 Å². The van der Waals surface area contributed by atoms with Crippen LogP contribution >= 0.6 is 0 Å². The van der Waals surface area contributed by atoms with Crippen molar-refractivity contribution in [2.24, 2.45) is 0 Å². The number of H-pyrrole nitrogens is 1. The molecule has 0 spiro atoms. The molecule has 36 heavy (non-hydrogen) atoms. The maximum atomic E-state index is 13.1. The van der Waals surface area contributed by atoms with Crippen LogP contribution in [0.3, 0.4) is 0 Å². The van der Waals surface area contributed by atoms with Gasteiger partial charge in [0.05, 0.1) is 25.4 Å². The van der Waals surface area contributed by atoms with E-state index < -0.39 is 0 Å². The third-order valence-electron chi connectivity index (χ3n) is 6.56. The van der Waals surface area contributed by atoms with E-state index in [0.717, 1.165) is 45.6 Å². The predicted octanol–water partition coefficient (Wildman–Crippen LogP) is 4.93. The number of aryl methyl sites for hydroxylation is 2. The lowest BCUT2D eigenvalue weighted by Crippen LogP contribution is -2.32. The summed E-state index contributed by atoms with van der Waals surface area (Å²) in [6.07, 6.45) is 2.43. The molecule has 184 valence electrons. The Morgan fingerprint density at radius 3 is 2.64 bits per heavy atom. The van der Waals surface area contributed by atoms with Crippen LogP contribution in [0.5, 0.6) is 0 Å². The van der Waals surface area contributed by atoms with Gasteiger partial charge in [0.15, 0.2) is 5.82 Å². The first-order valence-corrected chi connectivity index (χ1v) is 12.2. The molecule has 0 bridgehead atoms. The van der Waals surface area contributed by atoms with E-state index in [0.29, 0.717) is 25.2 Å². The highest BCUT2D eigenvalue weighted by Crippen LogP contribution is 2.27. The van der Waals surface area contributed by atoms with Crippen LogP contribution in [0.2, 0.25) is 0 Å². The lowest BCUT2D eigenvalue weighted by molar-refractivity contribution is 0.149. The smallest absolute Gasteiger partial charge is 0.252 e. The zero-order valence-electron chi connectivity index (χ0n) is 20.8. The number of benzene rings is 2. The molecule has 1 atom stereocenters. The van der Waals surface area contributed by atoms with Crippen LogP contribution in [0, 0.1) is 13.8 Å². The van der Waals surface area contributed by atoms with E-state index >= 15 is 0 Å². The molecular formula is C28H30N6O2. The van der Waals surface area contributed by atoms with Crippen molar-refractivity contribution in [3.63, 3.8) is 0 Å². The second-order valence-electron chi connectivity index (χ2n) is 9.26. The van der Waals surface area contributed by atoms with Crippen LogP contribution in [-0.2, 0) is 19.6 Å². The van der Waals surface area contributed by atoms with Gasteiger partial charge in [-0.2, -0.15) is 0 Å². The summed E-state index contributed by atoms with van der Waals surface area (Å²) in [4.78, 5) is 18.5. The molecule has 5 aromatic rings. The summed E-state index contributed by atoms with van der Waals surface area (Å²) in [5.41, 5.74) is 4.85. The summed E-state index contributed by atoms with van der Waals surface area (Å²) < 4.78 is 7.53. The van der Waals surface area contributed by atoms with Crippen molar-refractivity contribution >= 4 is 10.9 Å². The summed E-state index contributed by atoms with van der Waals surface area (Å²) in [6, 6.07) is 20.0. The number of furan rings is 1. The second-order valence-corrected chi connectivity index (χ2v) is 9.26. The molecule has 0 aliphatic heterocycles. The van der Waals surface area contributed by atoms with Crippen molar-refractivity contribution in [1.82, 2.24) is 30.1 Å². The van der Waals surface area contributed by atoms with Crippen molar-refractivity contribution in [3.8, 4) is 0 Å². The van der Waals surface area contributed by atoms with Gasteiger partial charge in [0.1, 0.15) is 5.76 Å². The fourth-order valence-electron chi connectivity index (χ4n) is 4.85. The van der Waals surface area contributed by atoms with E-state index in [1.165, 1.54) is 0 Å². The third-order valence-corrected chi connectivity index (χ3v) is 6.56. The molecule has 0 saturated carbocycles. The lowest BCUT2D eigenvalue weighted by Gasteiger charge is -2.29. The zero-order valence-corrected chi connectivity index (χ0v) is 20.8. The summed E-state index contributed by atoms with van der Waals surface area (Å²) in [6.45, 7) is 7.74. The SMILES string of the molecule is CC[C@H](c1nnnn1Cc1ccccc1)N(Cc1ccco1)Cc1cc2c(C)cc(C)cc2[nH]c1=O. The van der Waals surface area contributed by atoms with Crippen LogP contribution in [-0.4, -0.2) is 30.1 Å². The first-order valence-electron chi connectivity index (χ1n) is 12.2. The zero-order chi connectivity index (χ0) is 25.1. The molecule has 0 fully saturated rings. The van der Waals surface area contributed by atoms with E-state index in [1.54, 1.807) is 6.26 Å². The van der Waals surface area contributed by atoms with Crippen molar-refractivity contribution < 1.29 is 4.42 Å². The Hall–Kier alpha value is -4.04. The molecule has 8 heteroatoms. The molecule has 2 aromatic carbocycles. The van der Waals surface area contributed by atoms with Gasteiger partial charge in [-0.15, -0.1) is 5.10 Å². The van der Waals surface area contributed by atoms with Crippen molar-refractivity contribution in [3.05, 3.63) is 111 Å². The topological polar surface area (TPSA) is 92.8 Å². The normalized spacial score (nSPS) is 12.4. The summed E-state index contributed by atoms with van der Waals surface area (Å²) in [7, 11) is 0. The van der Waals surface area contributed by atoms with Gasteiger partial charge in [-0.3, -0.25) is 9.69 Å². The summed E-state index contributed by atoms with van der Waals surface area (Å²) >= 11 is 0. The van der Waals surface area contributed by atoms with Gasteiger partial charge >= 0.3 is 0 Å². The maximum Gasteiger partial charge on any atom is 0.252 e. The molecule has 3 heterocycles. The number of rotatable bonds is 9. The standard InChI is InChI=1S/C28H30N6O2/c1-4-26(27-30-31-32-34(27)16-21-9-6-5-7-10-21)33(18-23-11-8-12-36-23)17-22-15-24-20(3)13-19(2)14-25(24)29-28(22)35/h5-15,26H,4,16-18H2,1-3H3,(H,29,35)/t26-/m1/s1. The van der Waals surface area contributed by atoms with Gasteiger partial charge in [0, 0.05) is 23.0 Å². The maximum absolute atomic E-state index is 13.1. The van der Waals surface area contributed by atoms with Crippen molar-refractivity contribution in [2.75, 3.05) is 0 Å². The molecule has 5 rings (SSSR count). The number of fused-ring (bicyclic) bond motifs is 1. The number of pyridine rings is 1. The number of aromatic nitrogens is 5. The average Bonchev–Trinajstić information content (AvgIpc) is 3.54. The number of tetrazole rings is 1. The highest BCUT2D eigenvalue weighted by Gasteiger charge is 2.27. The minimum absolute atomic E-state index is 0.0873. The first kappa shape index (κ1) is 23.7. The molecule has 8 nitrogen and oxygen atoms in total. The van der Waals surface area contributed by atoms with Gasteiger partial charge in [0.25, 0.3) is 5.56 Å². The number of nitrogens with zero attached hydrogens (tertiary/aromatic N) is 5. The Bertz CT molecular complexity index is 1500. The lowest BCUT2D eigenvalue weighted by atomic mass is 10.0. The summed E-state index contributed by atoms with van der Waals surface area (Å²) in [5.74, 6) is 1.58. The van der Waals surface area contributed by atoms with Gasteiger partial charge in [-0.25, -0.2) is 4.68 Å². The van der Waals surface area contributed by atoms with E-state index in [1.807, 2.05) is 54.1 Å². The monoisotopic (exact) mass is 482 g/mol. The molecular weight excluding hydrogens is 452 g/mol. The first-order chi connectivity index (χ1) is 17.5. The highest BCUT2D eigenvalue weighted by atomic mass is 16.3. The van der Waals surface area contributed by atoms with E-state index in [2.05, 4.69) is 57.5 Å². The molecule has 0 radical (unpaired) electrons. The van der Waals surface area contributed by atoms with Gasteiger partial charge in [-0.1, -0.05) is 43.3 Å². The highest BCUT2D eigenvalue weighted by molar-refractivity contribution is 5.83. The molecule has 0 unspecified atom stereocenters. The van der Waals surface area contributed by atoms with E-state index in [9.17, 15) is 4.79 Å². The second kappa shape index (κ2) is 10.3. The van der Waals surface area contributed by atoms with Crippen LogP contribution in [0.1, 0.15) is 53.2 Å². The third kappa shape index (κ3) is 4.99. The molecule has 0 saturated heterocycles. The molecule has 0 aliphatic rings.